The number of carbonyl (C=O) groups is 1. The summed E-state index contributed by atoms with van der Waals surface area (Å²) in [5.74, 6) is -0.0715. The molecule has 3 N–H and O–H groups in total. The first-order chi connectivity index (χ1) is 6.98. The van der Waals surface area contributed by atoms with Crippen molar-refractivity contribution >= 4 is 5.91 Å². The molecule has 15 heavy (non-hydrogen) atoms. The maximum absolute atomic E-state index is 11.7. The number of nitrogens with zero attached hydrogens (tertiary/aromatic N) is 1. The van der Waals surface area contributed by atoms with E-state index in [-0.39, 0.29) is 5.91 Å². The van der Waals surface area contributed by atoms with Gasteiger partial charge < -0.3 is 15.7 Å². The average molecular weight is 214 g/mol. The second-order valence-electron chi connectivity index (χ2n) is 4.64. The van der Waals surface area contributed by atoms with Gasteiger partial charge in [0.2, 0.25) is 5.91 Å². The Labute approximate surface area is 91.4 Å². The summed E-state index contributed by atoms with van der Waals surface area (Å²) in [6, 6.07) is -0.431. The average Bonchev–Trinajstić information content (AvgIpc) is 2.62. The highest BCUT2D eigenvalue weighted by molar-refractivity contribution is 5.81. The summed E-state index contributed by atoms with van der Waals surface area (Å²) in [7, 11) is 1.72. The van der Waals surface area contributed by atoms with Crippen molar-refractivity contribution in [3.63, 3.8) is 0 Å². The zero-order valence-corrected chi connectivity index (χ0v) is 9.70. The summed E-state index contributed by atoms with van der Waals surface area (Å²) >= 11 is 0. The standard InChI is InChI=1S/C11H22N2O2/c1-3-9(12)10(14)13(2)8-11(15)6-4-5-7-11/h9,15H,3-8,12H2,1-2H3/t9-/m0/s1. The van der Waals surface area contributed by atoms with Crippen molar-refractivity contribution < 1.29 is 9.90 Å². The number of carbonyl (C=O) groups excluding carboxylic acids is 1. The van der Waals surface area contributed by atoms with Gasteiger partial charge in [-0.05, 0) is 19.3 Å². The van der Waals surface area contributed by atoms with Crippen molar-refractivity contribution in [1.82, 2.24) is 4.90 Å². The first kappa shape index (κ1) is 12.5. The molecule has 0 radical (unpaired) electrons. The Bertz CT molecular complexity index is 225. The van der Waals surface area contributed by atoms with E-state index in [0.717, 1.165) is 25.7 Å². The third-order valence-electron chi connectivity index (χ3n) is 3.20. The van der Waals surface area contributed by atoms with E-state index in [0.29, 0.717) is 13.0 Å². The van der Waals surface area contributed by atoms with E-state index >= 15 is 0 Å². The minimum Gasteiger partial charge on any atom is -0.388 e. The summed E-state index contributed by atoms with van der Waals surface area (Å²) in [5.41, 5.74) is 4.99. The van der Waals surface area contributed by atoms with Gasteiger partial charge in [-0.15, -0.1) is 0 Å². The van der Waals surface area contributed by atoms with E-state index in [1.165, 1.54) is 0 Å². The van der Waals surface area contributed by atoms with Gasteiger partial charge in [-0.1, -0.05) is 19.8 Å². The van der Waals surface area contributed by atoms with Crippen LogP contribution in [0.25, 0.3) is 0 Å². The number of nitrogens with two attached hydrogens (primary N) is 1. The predicted molar refractivity (Wildman–Crippen MR) is 59.3 cm³/mol. The molecule has 4 heteroatoms. The first-order valence-corrected chi connectivity index (χ1v) is 5.71. The number of hydrogen-bond donors (Lipinski definition) is 2. The molecule has 1 rings (SSSR count). The van der Waals surface area contributed by atoms with Gasteiger partial charge in [0.1, 0.15) is 0 Å². The highest BCUT2D eigenvalue weighted by Crippen LogP contribution is 2.29. The van der Waals surface area contributed by atoms with Crippen LogP contribution in [-0.4, -0.2) is 41.1 Å². The molecule has 1 aliphatic carbocycles. The van der Waals surface area contributed by atoms with E-state index in [1.807, 2.05) is 6.92 Å². The van der Waals surface area contributed by atoms with Gasteiger partial charge in [-0.3, -0.25) is 4.79 Å². The largest absolute Gasteiger partial charge is 0.388 e. The number of aliphatic hydroxyl groups is 1. The van der Waals surface area contributed by atoms with Crippen LogP contribution in [0.15, 0.2) is 0 Å². The monoisotopic (exact) mass is 214 g/mol. The molecule has 4 nitrogen and oxygen atoms in total. The minimum atomic E-state index is -0.669. The molecule has 0 aliphatic heterocycles. The van der Waals surface area contributed by atoms with Crippen molar-refractivity contribution in [1.29, 1.82) is 0 Å². The third kappa shape index (κ3) is 3.18. The van der Waals surface area contributed by atoms with E-state index in [9.17, 15) is 9.90 Å². The second kappa shape index (κ2) is 4.94. The summed E-state index contributed by atoms with van der Waals surface area (Å²) in [6.45, 7) is 2.31. The highest BCUT2D eigenvalue weighted by Gasteiger charge is 2.33. The first-order valence-electron chi connectivity index (χ1n) is 5.71. The van der Waals surface area contributed by atoms with Gasteiger partial charge in [-0.25, -0.2) is 0 Å². The van der Waals surface area contributed by atoms with Crippen molar-refractivity contribution in [2.45, 2.75) is 50.7 Å². The highest BCUT2D eigenvalue weighted by atomic mass is 16.3. The van der Waals surface area contributed by atoms with Crippen LogP contribution in [-0.2, 0) is 4.79 Å². The van der Waals surface area contributed by atoms with Gasteiger partial charge in [0.15, 0.2) is 0 Å². The predicted octanol–water partition coefficient (Wildman–Crippen LogP) is 0.487. The molecule has 0 aromatic carbocycles. The van der Waals surface area contributed by atoms with Gasteiger partial charge in [0, 0.05) is 13.6 Å². The maximum Gasteiger partial charge on any atom is 0.239 e. The molecular weight excluding hydrogens is 192 g/mol. The van der Waals surface area contributed by atoms with Crippen LogP contribution in [0, 0.1) is 0 Å². The molecule has 1 atom stereocenters. The Balaban J connectivity index is 2.47. The van der Waals surface area contributed by atoms with Gasteiger partial charge in [0.05, 0.1) is 11.6 Å². The Morgan fingerprint density at radius 3 is 2.53 bits per heavy atom. The molecule has 0 aromatic rings. The molecule has 88 valence electrons. The van der Waals surface area contributed by atoms with E-state index in [4.69, 9.17) is 5.73 Å². The normalized spacial score (nSPS) is 21.3. The lowest BCUT2D eigenvalue weighted by Gasteiger charge is -2.29. The third-order valence-corrected chi connectivity index (χ3v) is 3.20. The number of rotatable bonds is 4. The zero-order valence-electron chi connectivity index (χ0n) is 9.70. The number of hydrogen-bond acceptors (Lipinski definition) is 3. The quantitative estimate of drug-likeness (QED) is 0.715. The summed E-state index contributed by atoms with van der Waals surface area (Å²) in [6.07, 6.45) is 4.34. The minimum absolute atomic E-state index is 0.0715. The fourth-order valence-electron chi connectivity index (χ4n) is 2.17. The van der Waals surface area contributed by atoms with Gasteiger partial charge >= 0.3 is 0 Å². The zero-order chi connectivity index (χ0) is 11.5. The van der Waals surface area contributed by atoms with Crippen LogP contribution >= 0.6 is 0 Å². The lowest BCUT2D eigenvalue weighted by atomic mass is 10.0. The molecule has 1 fully saturated rings. The smallest absolute Gasteiger partial charge is 0.239 e. The molecule has 0 saturated heterocycles. The molecule has 1 amide bonds. The van der Waals surface area contributed by atoms with E-state index < -0.39 is 11.6 Å². The molecule has 0 bridgehead atoms. The molecular formula is C11H22N2O2. The molecule has 0 heterocycles. The SMILES string of the molecule is CC[C@H](N)C(=O)N(C)CC1(O)CCCC1. The van der Waals surface area contributed by atoms with Gasteiger partial charge in [0.25, 0.3) is 0 Å². The lowest BCUT2D eigenvalue weighted by Crippen LogP contribution is -2.47. The molecule has 1 aliphatic rings. The van der Waals surface area contributed by atoms with Crippen molar-refractivity contribution in [2.75, 3.05) is 13.6 Å². The van der Waals surface area contributed by atoms with E-state index in [2.05, 4.69) is 0 Å². The van der Waals surface area contributed by atoms with Crippen molar-refractivity contribution in [3.8, 4) is 0 Å². The Morgan fingerprint density at radius 1 is 1.53 bits per heavy atom. The Kier molecular flexibility index (Phi) is 4.11. The van der Waals surface area contributed by atoms with Crippen LogP contribution in [0.1, 0.15) is 39.0 Å². The summed E-state index contributed by atoms with van der Waals surface area (Å²) in [4.78, 5) is 13.3. The van der Waals surface area contributed by atoms with Crippen molar-refractivity contribution in [2.24, 2.45) is 5.73 Å². The summed E-state index contributed by atoms with van der Waals surface area (Å²) in [5, 5.41) is 10.1. The topological polar surface area (TPSA) is 66.6 Å². The molecule has 0 aromatic heterocycles. The number of amides is 1. The van der Waals surface area contributed by atoms with E-state index in [1.54, 1.807) is 11.9 Å². The van der Waals surface area contributed by atoms with Crippen LogP contribution in [0.3, 0.4) is 0 Å². The van der Waals surface area contributed by atoms with Crippen LogP contribution in [0.5, 0.6) is 0 Å². The second-order valence-corrected chi connectivity index (χ2v) is 4.64. The summed E-state index contributed by atoms with van der Waals surface area (Å²) < 4.78 is 0. The maximum atomic E-state index is 11.7. The lowest BCUT2D eigenvalue weighted by molar-refractivity contribution is -0.134. The number of likely N-dealkylation sites (N-methyl/N-ethyl adjacent to an activating group) is 1. The fraction of sp³-hybridized carbons (Fsp3) is 0.909. The fourth-order valence-corrected chi connectivity index (χ4v) is 2.17. The molecule has 1 saturated carbocycles. The van der Waals surface area contributed by atoms with Crippen molar-refractivity contribution in [3.05, 3.63) is 0 Å². The molecule has 0 unspecified atom stereocenters. The Morgan fingerprint density at radius 2 is 2.07 bits per heavy atom. The molecule has 0 spiro atoms. The van der Waals surface area contributed by atoms with Crippen LogP contribution in [0.2, 0.25) is 0 Å². The Hall–Kier alpha value is -0.610. The van der Waals surface area contributed by atoms with Crippen LogP contribution in [0.4, 0.5) is 0 Å². The van der Waals surface area contributed by atoms with Crippen LogP contribution < -0.4 is 5.73 Å². The van der Waals surface area contributed by atoms with Gasteiger partial charge in [-0.2, -0.15) is 0 Å².